The summed E-state index contributed by atoms with van der Waals surface area (Å²) < 4.78 is -1.30. The number of guanidine groups is 1. The molecule has 0 spiro atoms. The van der Waals surface area contributed by atoms with Crippen LogP contribution in [0, 0.1) is 17.8 Å². The Morgan fingerprint density at radius 3 is 1.84 bits per heavy atom. The van der Waals surface area contributed by atoms with Crippen LogP contribution in [0.25, 0.3) is 11.2 Å². The number of hydrogen-bond donors (Lipinski definition) is 14. The fraction of sp³-hybridized carbons (Fsp3) is 0.467. The highest BCUT2D eigenvalue weighted by atomic mass is 32.1. The standard InChI is InChI=1S/C45H58N12O17S/c1-45(2,75)26(41(71)72)16-31(60)29(17-34(65)66)55-39(69)22(15-33(63)64)13-30(59)27(4-3-11-49-43(46)47)53-38(68)21(14-32(61)62)12-25(58)9-10-28(42(73)74)54-37(67)20-5-7-23(8-6-20)50-18-24-19-51-36-35(52-24)40(70)57-44(48)56-36/h5-8,19,21-22,26-29,50,75H,3-4,9-18H2,1-2H3,(H,53,68)(H,54,67)(H,55,69)(H,61,62)(H,63,64)(H,65,66)(H,71,72)(H,73,74)(H4,46,47,49)(H3,48,51,56,57,70)/t21-,22-,26+,27-,28-,29-/m0/s1. The Morgan fingerprint density at radius 1 is 0.720 bits per heavy atom. The molecule has 0 radical (unpaired) electrons. The average Bonchev–Trinajstić information content (AvgIpc) is 3.30. The normalized spacial score (nSPS) is 13.6. The van der Waals surface area contributed by atoms with E-state index < -0.39 is 162 Å². The fourth-order valence-corrected chi connectivity index (χ4v) is 7.49. The topological polar surface area (TPSA) is 499 Å². The van der Waals surface area contributed by atoms with Gasteiger partial charge in [0.15, 0.2) is 28.7 Å². The molecule has 16 N–H and O–H groups in total. The number of ketones is 3. The summed E-state index contributed by atoms with van der Waals surface area (Å²) in [7, 11) is 0. The van der Waals surface area contributed by atoms with Gasteiger partial charge in [-0.05, 0) is 43.5 Å². The lowest BCUT2D eigenvalue weighted by Crippen LogP contribution is -2.49. The lowest BCUT2D eigenvalue weighted by molar-refractivity contribution is -0.146. The Morgan fingerprint density at radius 2 is 1.29 bits per heavy atom. The first kappa shape index (κ1) is 60.7. The maximum absolute atomic E-state index is 13.9. The lowest BCUT2D eigenvalue weighted by Gasteiger charge is -2.27. The smallest absolute Gasteiger partial charge is 0.326 e. The molecule has 75 heavy (non-hydrogen) atoms. The molecule has 406 valence electrons. The highest BCUT2D eigenvalue weighted by molar-refractivity contribution is 7.81. The number of nitrogens with zero attached hydrogens (tertiary/aromatic N) is 4. The van der Waals surface area contributed by atoms with Gasteiger partial charge >= 0.3 is 29.8 Å². The van der Waals surface area contributed by atoms with E-state index in [0.717, 1.165) is 0 Å². The van der Waals surface area contributed by atoms with Crippen LogP contribution in [0.2, 0.25) is 0 Å². The van der Waals surface area contributed by atoms with Crippen molar-refractivity contribution in [2.45, 2.75) is 107 Å². The van der Waals surface area contributed by atoms with Crippen molar-refractivity contribution in [3.63, 3.8) is 0 Å². The number of nitrogen functional groups attached to an aromatic ring is 1. The van der Waals surface area contributed by atoms with E-state index in [4.69, 9.17) is 17.2 Å². The van der Waals surface area contributed by atoms with Gasteiger partial charge in [0.2, 0.25) is 17.8 Å². The summed E-state index contributed by atoms with van der Waals surface area (Å²) in [4.78, 5) is 171. The van der Waals surface area contributed by atoms with E-state index in [1.165, 1.54) is 44.3 Å². The molecular formula is C45H58N12O17S. The van der Waals surface area contributed by atoms with E-state index in [0.29, 0.717) is 11.4 Å². The number of anilines is 2. The third kappa shape index (κ3) is 20.5. The van der Waals surface area contributed by atoms with Crippen LogP contribution in [0.3, 0.4) is 0 Å². The molecule has 3 amide bonds. The number of aromatic nitrogens is 4. The Hall–Kier alpha value is -8.57. The third-order valence-corrected chi connectivity index (χ3v) is 11.5. The predicted octanol–water partition coefficient (Wildman–Crippen LogP) is -1.16. The van der Waals surface area contributed by atoms with E-state index in [-0.39, 0.29) is 54.6 Å². The minimum Gasteiger partial charge on any atom is -0.481 e. The number of nitrogens with one attached hydrogen (secondary N) is 5. The van der Waals surface area contributed by atoms with Crippen molar-refractivity contribution >= 4 is 106 Å². The molecule has 0 unspecified atom stereocenters. The highest BCUT2D eigenvalue weighted by Crippen LogP contribution is 2.28. The minimum absolute atomic E-state index is 0.0200. The zero-order chi connectivity index (χ0) is 56.3. The number of rotatable bonds is 33. The number of aromatic amines is 1. The Kier molecular flexibility index (Phi) is 22.7. The number of aliphatic imine (C=N–C) groups is 1. The lowest BCUT2D eigenvalue weighted by atomic mass is 9.87. The van der Waals surface area contributed by atoms with E-state index in [2.05, 4.69) is 58.8 Å². The number of thiol groups is 1. The van der Waals surface area contributed by atoms with Crippen molar-refractivity contribution in [2.75, 3.05) is 17.6 Å². The molecule has 6 atom stereocenters. The van der Waals surface area contributed by atoms with E-state index in [9.17, 15) is 83.1 Å². The van der Waals surface area contributed by atoms with Crippen molar-refractivity contribution in [1.29, 1.82) is 0 Å². The quantitative estimate of drug-likeness (QED) is 0.0148. The molecule has 0 saturated heterocycles. The first-order chi connectivity index (χ1) is 35.0. The summed E-state index contributed by atoms with van der Waals surface area (Å²) >= 11 is 4.19. The number of hydrogen-bond acceptors (Lipinski definition) is 19. The number of amides is 3. The number of carbonyl (C=O) groups is 11. The average molecular weight is 1070 g/mol. The molecule has 2 heterocycles. The third-order valence-electron chi connectivity index (χ3n) is 11.2. The number of H-pyrrole nitrogens is 1. The summed E-state index contributed by atoms with van der Waals surface area (Å²) in [6.45, 7) is 2.74. The van der Waals surface area contributed by atoms with Gasteiger partial charge in [-0.1, -0.05) is 13.8 Å². The molecule has 3 aromatic rings. The fourth-order valence-electron chi connectivity index (χ4n) is 7.29. The minimum atomic E-state index is -1.88. The predicted molar refractivity (Wildman–Crippen MR) is 265 cm³/mol. The zero-order valence-corrected chi connectivity index (χ0v) is 41.3. The Bertz CT molecular complexity index is 2740. The summed E-state index contributed by atoms with van der Waals surface area (Å²) in [5.41, 5.74) is 16.6. The number of Topliss-reactive ketones (excluding diaryl/α,β-unsaturated/α-hetero) is 3. The van der Waals surface area contributed by atoms with Gasteiger partial charge in [0.05, 0.1) is 67.5 Å². The zero-order valence-electron chi connectivity index (χ0n) is 40.4. The first-order valence-electron chi connectivity index (χ1n) is 22.8. The number of carboxylic acid groups (broad SMARTS) is 5. The van der Waals surface area contributed by atoms with Crippen LogP contribution in [0.4, 0.5) is 11.6 Å². The van der Waals surface area contributed by atoms with E-state index >= 15 is 0 Å². The van der Waals surface area contributed by atoms with E-state index in [1.54, 1.807) is 0 Å². The van der Waals surface area contributed by atoms with Gasteiger partial charge in [-0.2, -0.15) is 17.6 Å². The Balaban J connectivity index is 1.72. The van der Waals surface area contributed by atoms with Crippen molar-refractivity contribution in [3.8, 4) is 0 Å². The maximum Gasteiger partial charge on any atom is 0.326 e. The van der Waals surface area contributed by atoms with Gasteiger partial charge in [0.25, 0.3) is 11.5 Å². The largest absolute Gasteiger partial charge is 0.481 e. The monoisotopic (exact) mass is 1070 g/mol. The van der Waals surface area contributed by atoms with Crippen LogP contribution >= 0.6 is 12.6 Å². The molecule has 0 fully saturated rings. The second kappa shape index (κ2) is 28.0. The number of carboxylic acids is 5. The molecule has 0 aliphatic heterocycles. The summed E-state index contributed by atoms with van der Waals surface area (Å²) in [6.07, 6.45) is -5.72. The van der Waals surface area contributed by atoms with Crippen molar-refractivity contribution in [3.05, 3.63) is 52.1 Å². The first-order valence-corrected chi connectivity index (χ1v) is 23.2. The van der Waals surface area contributed by atoms with Crippen LogP contribution in [0.1, 0.15) is 94.1 Å². The molecule has 0 aliphatic carbocycles. The molecule has 0 aliphatic rings. The van der Waals surface area contributed by atoms with Gasteiger partial charge in [0, 0.05) is 48.2 Å². The second-order valence-corrected chi connectivity index (χ2v) is 18.9. The summed E-state index contributed by atoms with van der Waals surface area (Å²) in [5.74, 6) is -19.4. The molecule has 0 saturated carbocycles. The van der Waals surface area contributed by atoms with Gasteiger partial charge in [-0.3, -0.25) is 62.7 Å². The summed E-state index contributed by atoms with van der Waals surface area (Å²) in [6, 6.07) is 0.585. The number of fused-ring (bicyclic) bond motifs is 1. The van der Waals surface area contributed by atoms with Gasteiger partial charge in [0.1, 0.15) is 11.8 Å². The van der Waals surface area contributed by atoms with Crippen LogP contribution < -0.4 is 44.0 Å². The van der Waals surface area contributed by atoms with E-state index in [1.807, 2.05) is 0 Å². The van der Waals surface area contributed by atoms with Gasteiger partial charge in [-0.15, -0.1) is 0 Å². The molecule has 0 bridgehead atoms. The van der Waals surface area contributed by atoms with Crippen molar-refractivity contribution in [1.82, 2.24) is 35.9 Å². The molecular weight excluding hydrogens is 1010 g/mol. The van der Waals surface area contributed by atoms with Gasteiger partial charge < -0.3 is 64.0 Å². The molecule has 29 nitrogen and oxygen atoms in total. The summed E-state index contributed by atoms with van der Waals surface area (Å²) in [5, 5.41) is 58.1. The number of carbonyl (C=O) groups excluding carboxylic acids is 6. The van der Waals surface area contributed by atoms with Gasteiger partial charge in [-0.25, -0.2) is 14.8 Å². The number of nitrogens with two attached hydrogens (primary N) is 3. The Labute approximate surface area is 430 Å². The maximum atomic E-state index is 13.9. The van der Waals surface area contributed by atoms with Crippen molar-refractivity contribution in [2.24, 2.45) is 34.2 Å². The van der Waals surface area contributed by atoms with Crippen LogP contribution in [-0.2, 0) is 54.5 Å². The molecule has 30 heteroatoms. The number of benzene rings is 1. The molecule has 2 aromatic heterocycles. The highest BCUT2D eigenvalue weighted by Gasteiger charge is 2.38. The second-order valence-electron chi connectivity index (χ2n) is 17.7. The van der Waals surface area contributed by atoms with Crippen LogP contribution in [0.5, 0.6) is 0 Å². The van der Waals surface area contributed by atoms with Crippen LogP contribution in [-0.4, -0.2) is 146 Å². The van der Waals surface area contributed by atoms with Crippen LogP contribution in [0.15, 0.2) is 40.2 Å². The SMILES string of the molecule is CC(C)(S)[C@H](CC(=O)[C@H](CC(=O)O)NC(=O)[C@H](CC(=O)O)CC(=O)[C@H](CCCN=C(N)N)NC(=O)[C@H](CC(=O)O)CC(=O)CC[C@H](NC(=O)c1ccc(NCc2cnc3nc(N)[nH]c(=O)c3n2)cc1)C(=O)O)C(=O)O. The molecule has 1 aromatic carbocycles. The number of aliphatic carboxylic acids is 5. The van der Waals surface area contributed by atoms with Crippen molar-refractivity contribution < 1.29 is 78.3 Å². The molecule has 3 rings (SSSR count).